The highest BCUT2D eigenvalue weighted by Gasteiger charge is 2.19. The van der Waals surface area contributed by atoms with Gasteiger partial charge in [-0.1, -0.05) is 49.9 Å². The van der Waals surface area contributed by atoms with Crippen molar-refractivity contribution in [1.29, 1.82) is 0 Å². The van der Waals surface area contributed by atoms with Gasteiger partial charge in [-0.15, -0.1) is 10.2 Å². The highest BCUT2D eigenvalue weighted by molar-refractivity contribution is 7.99. The second kappa shape index (κ2) is 12.8. The molecule has 0 saturated carbocycles. The van der Waals surface area contributed by atoms with Crippen LogP contribution in [0.5, 0.6) is 0 Å². The highest BCUT2D eigenvalue weighted by Crippen LogP contribution is 2.33. The van der Waals surface area contributed by atoms with Gasteiger partial charge in [-0.25, -0.2) is 4.98 Å². The van der Waals surface area contributed by atoms with Crippen molar-refractivity contribution in [2.24, 2.45) is 5.92 Å². The monoisotopic (exact) mass is 519 g/mol. The van der Waals surface area contributed by atoms with Crippen molar-refractivity contribution in [3.05, 3.63) is 48.5 Å². The molecule has 0 bridgehead atoms. The molecule has 0 aliphatic heterocycles. The van der Waals surface area contributed by atoms with Crippen LogP contribution in [0.4, 0.5) is 11.4 Å². The number of anilines is 2. The average Bonchev–Trinajstić information content (AvgIpc) is 2.83. The van der Waals surface area contributed by atoms with Gasteiger partial charge < -0.3 is 9.80 Å². The molecule has 2 aromatic carbocycles. The summed E-state index contributed by atoms with van der Waals surface area (Å²) in [7, 11) is 0. The molecular weight excluding hydrogens is 474 g/mol. The van der Waals surface area contributed by atoms with E-state index >= 15 is 0 Å². The summed E-state index contributed by atoms with van der Waals surface area (Å²) in [5.74, 6) is 1.53. The van der Waals surface area contributed by atoms with Gasteiger partial charge in [-0.2, -0.15) is 0 Å². The van der Waals surface area contributed by atoms with E-state index in [4.69, 9.17) is 10.1 Å². The van der Waals surface area contributed by atoms with E-state index in [1.54, 1.807) is 11.8 Å². The number of aromatic nitrogens is 3. The Bertz CT molecular complexity index is 1110. The minimum atomic E-state index is 0.426. The topological polar surface area (TPSA) is 45.2 Å². The lowest BCUT2D eigenvalue weighted by atomic mass is 10.0. The van der Waals surface area contributed by atoms with Crippen LogP contribution in [0.1, 0.15) is 69.2 Å². The summed E-state index contributed by atoms with van der Waals surface area (Å²) >= 11 is 1.67. The van der Waals surface area contributed by atoms with Crippen molar-refractivity contribution >= 4 is 23.1 Å². The van der Waals surface area contributed by atoms with Crippen molar-refractivity contribution in [3.63, 3.8) is 0 Å². The fourth-order valence-electron chi connectivity index (χ4n) is 4.98. The van der Waals surface area contributed by atoms with Crippen molar-refractivity contribution in [2.75, 3.05) is 15.6 Å². The predicted molar refractivity (Wildman–Crippen MR) is 162 cm³/mol. The molecule has 0 saturated heterocycles. The normalized spacial score (nSPS) is 11.9. The van der Waals surface area contributed by atoms with E-state index in [1.165, 1.54) is 11.4 Å². The van der Waals surface area contributed by atoms with Crippen LogP contribution in [0.2, 0.25) is 0 Å². The van der Waals surface area contributed by atoms with Crippen LogP contribution in [-0.4, -0.2) is 45.1 Å². The molecule has 0 fully saturated rings. The summed E-state index contributed by atoms with van der Waals surface area (Å²) < 4.78 is 0. The average molecular weight is 520 g/mol. The first-order chi connectivity index (χ1) is 17.5. The lowest BCUT2D eigenvalue weighted by Gasteiger charge is -2.33. The molecule has 0 spiro atoms. The number of hydrogen-bond donors (Lipinski definition) is 0. The molecular formula is C31H45N5S. The number of rotatable bonds is 11. The molecule has 1 heterocycles. The predicted octanol–water partition coefficient (Wildman–Crippen LogP) is 8.20. The van der Waals surface area contributed by atoms with Gasteiger partial charge in [0, 0.05) is 52.4 Å². The molecule has 3 aromatic rings. The zero-order valence-electron chi connectivity index (χ0n) is 24.4. The zero-order chi connectivity index (χ0) is 27.3. The molecule has 200 valence electrons. The highest BCUT2D eigenvalue weighted by atomic mass is 32.2. The molecule has 0 aliphatic rings. The maximum atomic E-state index is 5.02. The molecule has 3 rings (SSSR count). The standard InChI is InChI=1S/C31H45N5S/c1-20(2)19-37-31-32-29(25-11-15-27(16-12-25)35(21(3)4)22(5)6)30(33-34-31)26-13-17-28(18-14-26)36(23(7)8)24(9)10/h11-18,20-24H,19H2,1-10H3. The minimum Gasteiger partial charge on any atom is -0.367 e. The van der Waals surface area contributed by atoms with Gasteiger partial charge in [0.15, 0.2) is 0 Å². The quantitative estimate of drug-likeness (QED) is 0.238. The van der Waals surface area contributed by atoms with E-state index in [0.29, 0.717) is 30.1 Å². The number of thioether (sulfide) groups is 1. The van der Waals surface area contributed by atoms with E-state index < -0.39 is 0 Å². The molecule has 0 aliphatic carbocycles. The first-order valence-corrected chi connectivity index (χ1v) is 14.6. The Labute approximate surface area is 229 Å². The van der Waals surface area contributed by atoms with Crippen molar-refractivity contribution < 1.29 is 0 Å². The second-order valence-corrected chi connectivity index (χ2v) is 12.3. The van der Waals surface area contributed by atoms with E-state index in [1.807, 2.05) is 0 Å². The summed E-state index contributed by atoms with van der Waals surface area (Å²) in [4.78, 5) is 9.87. The Morgan fingerprint density at radius 1 is 0.568 bits per heavy atom. The summed E-state index contributed by atoms with van der Waals surface area (Å²) in [5, 5.41) is 9.93. The lowest BCUT2D eigenvalue weighted by Crippen LogP contribution is -2.36. The third-order valence-corrected chi connectivity index (χ3v) is 7.58. The van der Waals surface area contributed by atoms with Crippen LogP contribution >= 0.6 is 11.8 Å². The Hall–Kier alpha value is -2.60. The zero-order valence-corrected chi connectivity index (χ0v) is 25.2. The van der Waals surface area contributed by atoms with Crippen LogP contribution in [0, 0.1) is 5.92 Å². The molecule has 0 N–H and O–H groups in total. The summed E-state index contributed by atoms with van der Waals surface area (Å²) in [6, 6.07) is 19.1. The van der Waals surface area contributed by atoms with E-state index in [2.05, 4.69) is 133 Å². The molecule has 0 unspecified atom stereocenters. The second-order valence-electron chi connectivity index (χ2n) is 11.3. The molecule has 6 heteroatoms. The first kappa shape index (κ1) is 29.0. The van der Waals surface area contributed by atoms with Gasteiger partial charge in [-0.3, -0.25) is 0 Å². The molecule has 0 amide bonds. The number of hydrogen-bond acceptors (Lipinski definition) is 6. The molecule has 5 nitrogen and oxygen atoms in total. The maximum absolute atomic E-state index is 5.02. The maximum Gasteiger partial charge on any atom is 0.209 e. The summed E-state index contributed by atoms with van der Waals surface area (Å²) in [6.45, 7) is 22.3. The number of nitrogens with zero attached hydrogens (tertiary/aromatic N) is 5. The van der Waals surface area contributed by atoms with Crippen LogP contribution in [0.3, 0.4) is 0 Å². The molecule has 37 heavy (non-hydrogen) atoms. The molecule has 0 radical (unpaired) electrons. The Morgan fingerprint density at radius 2 is 0.973 bits per heavy atom. The van der Waals surface area contributed by atoms with Gasteiger partial charge in [0.25, 0.3) is 0 Å². The van der Waals surface area contributed by atoms with Gasteiger partial charge >= 0.3 is 0 Å². The van der Waals surface area contributed by atoms with Crippen molar-refractivity contribution in [2.45, 2.75) is 98.6 Å². The summed E-state index contributed by atoms with van der Waals surface area (Å²) in [6.07, 6.45) is 0. The van der Waals surface area contributed by atoms with Crippen molar-refractivity contribution in [1.82, 2.24) is 15.2 Å². The van der Waals surface area contributed by atoms with Crippen LogP contribution in [0.25, 0.3) is 22.5 Å². The smallest absolute Gasteiger partial charge is 0.209 e. The van der Waals surface area contributed by atoms with E-state index in [0.717, 1.165) is 33.4 Å². The van der Waals surface area contributed by atoms with Gasteiger partial charge in [0.1, 0.15) is 11.4 Å². The Kier molecular flexibility index (Phi) is 10.00. The lowest BCUT2D eigenvalue weighted by molar-refractivity contribution is 0.608. The SMILES string of the molecule is CC(C)CSc1nnc(-c2ccc(N(C(C)C)C(C)C)cc2)c(-c2ccc(N(C(C)C)C(C)C)cc2)n1. The third-order valence-electron chi connectivity index (χ3n) is 6.32. The largest absolute Gasteiger partial charge is 0.367 e. The van der Waals surface area contributed by atoms with E-state index in [9.17, 15) is 0 Å². The molecule has 1 aromatic heterocycles. The van der Waals surface area contributed by atoms with Crippen LogP contribution in [0.15, 0.2) is 53.7 Å². The van der Waals surface area contributed by atoms with Crippen LogP contribution < -0.4 is 9.80 Å². The van der Waals surface area contributed by atoms with E-state index in [-0.39, 0.29) is 0 Å². The van der Waals surface area contributed by atoms with Gasteiger partial charge in [0.05, 0.1) is 0 Å². The number of benzene rings is 2. The first-order valence-electron chi connectivity index (χ1n) is 13.6. The molecule has 0 atom stereocenters. The summed E-state index contributed by atoms with van der Waals surface area (Å²) in [5.41, 5.74) is 6.22. The minimum absolute atomic E-state index is 0.426. The Morgan fingerprint density at radius 3 is 1.35 bits per heavy atom. The fraction of sp³-hybridized carbons (Fsp3) is 0.516. The fourth-order valence-corrected chi connectivity index (χ4v) is 5.71. The van der Waals surface area contributed by atoms with Gasteiger partial charge in [0.2, 0.25) is 5.16 Å². The Balaban J connectivity index is 2.04. The third kappa shape index (κ3) is 7.25. The van der Waals surface area contributed by atoms with Crippen LogP contribution in [-0.2, 0) is 0 Å². The van der Waals surface area contributed by atoms with Crippen molar-refractivity contribution in [3.8, 4) is 22.5 Å². The van der Waals surface area contributed by atoms with Gasteiger partial charge in [-0.05, 0) is 85.6 Å².